The molecule has 0 aliphatic heterocycles. The summed E-state index contributed by atoms with van der Waals surface area (Å²) in [7, 11) is 0. The second kappa shape index (κ2) is 18.0. The summed E-state index contributed by atoms with van der Waals surface area (Å²) < 4.78 is 0. The molecule has 0 aliphatic rings. The summed E-state index contributed by atoms with van der Waals surface area (Å²) in [6.45, 7) is 0. The lowest BCUT2D eigenvalue weighted by molar-refractivity contribution is 1.07. The number of hydrogen-bond donors (Lipinski definition) is 0. The molecule has 0 atom stereocenters. The minimum absolute atomic E-state index is 0.583. The average molecular weight is 845 g/mol. The van der Waals surface area contributed by atoms with Gasteiger partial charge in [-0.25, -0.2) is 29.9 Å². The Labute approximate surface area is 383 Å². The van der Waals surface area contributed by atoms with E-state index in [2.05, 4.69) is 194 Å². The van der Waals surface area contributed by atoms with Crippen molar-refractivity contribution >= 4 is 0 Å². The molecular formula is C60H40N6. The predicted octanol–water partition coefficient (Wildman–Crippen LogP) is 14.7. The number of rotatable bonds is 10. The van der Waals surface area contributed by atoms with Gasteiger partial charge in [0, 0.05) is 33.4 Å². The Bertz CT molecular complexity index is 3310. The molecule has 310 valence electrons. The van der Waals surface area contributed by atoms with Crippen LogP contribution in [0, 0.1) is 0 Å². The van der Waals surface area contributed by atoms with Crippen molar-refractivity contribution in [2.24, 2.45) is 0 Å². The Kier molecular flexibility index (Phi) is 10.9. The topological polar surface area (TPSA) is 77.3 Å². The zero-order valence-electron chi connectivity index (χ0n) is 35.8. The maximum Gasteiger partial charge on any atom is 0.164 e. The molecule has 66 heavy (non-hydrogen) atoms. The molecule has 6 heteroatoms. The van der Waals surface area contributed by atoms with Gasteiger partial charge in [0.25, 0.3) is 0 Å². The summed E-state index contributed by atoms with van der Waals surface area (Å²) in [5.41, 5.74) is 14.3. The largest absolute Gasteiger partial charge is 0.208 e. The molecule has 0 N–H and O–H groups in total. The van der Waals surface area contributed by atoms with Gasteiger partial charge in [0.15, 0.2) is 34.9 Å². The fourth-order valence-electron chi connectivity index (χ4n) is 8.12. The van der Waals surface area contributed by atoms with E-state index < -0.39 is 0 Å². The molecule has 0 saturated heterocycles. The molecule has 0 spiro atoms. The number of hydrogen-bond acceptors (Lipinski definition) is 6. The smallest absolute Gasteiger partial charge is 0.164 e. The maximum atomic E-state index is 5.12. The van der Waals surface area contributed by atoms with E-state index in [9.17, 15) is 0 Å². The Hall–Kier alpha value is -9.00. The van der Waals surface area contributed by atoms with E-state index in [4.69, 9.17) is 29.9 Å². The van der Waals surface area contributed by atoms with Gasteiger partial charge in [-0.2, -0.15) is 0 Å². The zero-order valence-corrected chi connectivity index (χ0v) is 35.8. The van der Waals surface area contributed by atoms with Crippen LogP contribution in [0.2, 0.25) is 0 Å². The minimum Gasteiger partial charge on any atom is -0.208 e. The van der Waals surface area contributed by atoms with E-state index in [1.54, 1.807) is 0 Å². The molecule has 0 saturated carbocycles. The first-order valence-electron chi connectivity index (χ1n) is 21.9. The van der Waals surface area contributed by atoms with E-state index >= 15 is 0 Å². The van der Waals surface area contributed by atoms with Crippen LogP contribution in [-0.4, -0.2) is 29.9 Å². The summed E-state index contributed by atoms with van der Waals surface area (Å²) in [6, 6.07) is 83.1. The fraction of sp³-hybridized carbons (Fsp3) is 0. The summed E-state index contributed by atoms with van der Waals surface area (Å²) in [5, 5.41) is 0. The fourth-order valence-corrected chi connectivity index (χ4v) is 8.12. The first-order valence-corrected chi connectivity index (χ1v) is 21.9. The van der Waals surface area contributed by atoms with E-state index in [-0.39, 0.29) is 0 Å². The van der Waals surface area contributed by atoms with Crippen LogP contribution in [0.3, 0.4) is 0 Å². The van der Waals surface area contributed by atoms with Crippen LogP contribution in [-0.2, 0) is 0 Å². The van der Waals surface area contributed by atoms with E-state index in [1.807, 2.05) is 48.5 Å². The Morgan fingerprint density at radius 3 is 0.606 bits per heavy atom. The first kappa shape index (κ1) is 39.8. The number of aromatic nitrogens is 6. The van der Waals surface area contributed by atoms with Gasteiger partial charge in [0.1, 0.15) is 0 Å². The lowest BCUT2D eigenvalue weighted by Crippen LogP contribution is -2.00. The minimum atomic E-state index is 0.583. The molecule has 6 nitrogen and oxygen atoms in total. The molecule has 0 amide bonds. The van der Waals surface area contributed by atoms with Crippen molar-refractivity contribution in [3.05, 3.63) is 243 Å². The first-order chi connectivity index (χ1) is 32.7. The predicted molar refractivity (Wildman–Crippen MR) is 268 cm³/mol. The van der Waals surface area contributed by atoms with Crippen LogP contribution in [0.4, 0.5) is 0 Å². The zero-order chi connectivity index (χ0) is 44.1. The highest BCUT2D eigenvalue weighted by Gasteiger charge is 2.16. The monoisotopic (exact) mass is 844 g/mol. The molecule has 0 aliphatic carbocycles. The highest BCUT2D eigenvalue weighted by molar-refractivity contribution is 5.78. The van der Waals surface area contributed by atoms with Crippen molar-refractivity contribution in [3.63, 3.8) is 0 Å². The summed E-state index contributed by atoms with van der Waals surface area (Å²) in [6.07, 6.45) is 0. The van der Waals surface area contributed by atoms with Gasteiger partial charge in [-0.1, -0.05) is 231 Å². The summed E-state index contributed by atoms with van der Waals surface area (Å²) in [4.78, 5) is 30.4. The van der Waals surface area contributed by atoms with Gasteiger partial charge in [0.05, 0.1) is 0 Å². The lowest BCUT2D eigenvalue weighted by atomic mass is 10.00. The van der Waals surface area contributed by atoms with Crippen molar-refractivity contribution in [2.45, 2.75) is 0 Å². The Balaban J connectivity index is 0.962. The number of benzene rings is 9. The average Bonchev–Trinajstić information content (AvgIpc) is 3.42. The normalized spacial score (nSPS) is 11.0. The third kappa shape index (κ3) is 8.54. The molecule has 0 unspecified atom stereocenters. The van der Waals surface area contributed by atoms with E-state index in [0.29, 0.717) is 34.9 Å². The van der Waals surface area contributed by atoms with Crippen molar-refractivity contribution in [2.75, 3.05) is 0 Å². The van der Waals surface area contributed by atoms with Crippen LogP contribution in [0.15, 0.2) is 243 Å². The van der Waals surface area contributed by atoms with Crippen molar-refractivity contribution in [1.29, 1.82) is 0 Å². The molecule has 0 bridgehead atoms. The number of nitrogens with zero attached hydrogens (tertiary/aromatic N) is 6. The molecule has 9 aromatic carbocycles. The summed E-state index contributed by atoms with van der Waals surface area (Å²) in [5.74, 6) is 3.60. The van der Waals surface area contributed by atoms with Crippen LogP contribution in [0.5, 0.6) is 0 Å². The van der Waals surface area contributed by atoms with Gasteiger partial charge in [0.2, 0.25) is 0 Å². The highest BCUT2D eigenvalue weighted by atomic mass is 15.0. The van der Waals surface area contributed by atoms with Crippen LogP contribution < -0.4 is 0 Å². The molecule has 11 rings (SSSR count). The van der Waals surface area contributed by atoms with Crippen LogP contribution >= 0.6 is 0 Å². The van der Waals surface area contributed by atoms with E-state index in [0.717, 1.165) is 77.9 Å². The van der Waals surface area contributed by atoms with Gasteiger partial charge in [-0.15, -0.1) is 0 Å². The van der Waals surface area contributed by atoms with Gasteiger partial charge in [-0.3, -0.25) is 0 Å². The quantitative estimate of drug-likeness (QED) is 0.136. The molecular weight excluding hydrogens is 805 g/mol. The molecule has 2 heterocycles. The highest BCUT2D eigenvalue weighted by Crippen LogP contribution is 2.33. The SMILES string of the molecule is c1ccc(-c2ccc(-c3nc(-c4ccccc4)nc(-c4cccc(-c5cccc(-c6nc(-c7ccc(-c8ccccc8)cc7)nc(-c7ccc(-c8ccccc8)cc7)n6)c5)c4)n3)cc2)cc1. The second-order valence-corrected chi connectivity index (χ2v) is 16.0. The van der Waals surface area contributed by atoms with Crippen LogP contribution in [0.25, 0.3) is 113 Å². The van der Waals surface area contributed by atoms with Crippen molar-refractivity contribution in [3.8, 4) is 113 Å². The molecule has 2 aromatic heterocycles. The third-order valence-corrected chi connectivity index (χ3v) is 11.6. The van der Waals surface area contributed by atoms with Gasteiger partial charge >= 0.3 is 0 Å². The molecule has 0 fully saturated rings. The molecule has 11 aromatic rings. The third-order valence-electron chi connectivity index (χ3n) is 11.6. The second-order valence-electron chi connectivity index (χ2n) is 16.0. The van der Waals surface area contributed by atoms with Crippen molar-refractivity contribution < 1.29 is 0 Å². The Morgan fingerprint density at radius 2 is 0.318 bits per heavy atom. The molecule has 0 radical (unpaired) electrons. The maximum absolute atomic E-state index is 5.12. The van der Waals surface area contributed by atoms with Crippen LogP contribution in [0.1, 0.15) is 0 Å². The van der Waals surface area contributed by atoms with Crippen molar-refractivity contribution in [1.82, 2.24) is 29.9 Å². The Morgan fingerprint density at radius 1 is 0.136 bits per heavy atom. The summed E-state index contributed by atoms with van der Waals surface area (Å²) >= 11 is 0. The standard InChI is InChI=1S/C60H40N6/c1-5-15-41(16-6-1)44-27-33-48(34-28-44)56-61-55(47-21-11-4-12-22-47)63-59(64-56)53-25-13-23-51(39-53)52-24-14-26-54(40-52)60-65-57(49-35-29-45(30-36-49)42-17-7-2-8-18-42)62-58(66-60)50-37-31-46(32-38-50)43-19-9-3-10-20-43/h1-40H. The lowest BCUT2D eigenvalue weighted by Gasteiger charge is -2.12. The van der Waals surface area contributed by atoms with E-state index in [1.165, 1.54) is 0 Å². The van der Waals surface area contributed by atoms with Gasteiger partial charge < -0.3 is 0 Å². The van der Waals surface area contributed by atoms with Gasteiger partial charge in [-0.05, 0) is 56.6 Å².